The molecule has 3 aliphatic heterocycles. The monoisotopic (exact) mass is 484 g/mol. The summed E-state index contributed by atoms with van der Waals surface area (Å²) in [7, 11) is 0. The standard InChI is InChI=1S/C26H36N4O5/c1-24(2,3)35-23(32)30-15-18-13-29(14-19(16-30)25(18,4)5)22(31)26(33)21(10-11-28-26)34-20-8-6-17(12-27)7-9-20/h6-9,18-19,21,28,33H,10-11,13-16H2,1-5H3/t18?,19?,21?,26-/m1/s1. The van der Waals surface area contributed by atoms with Crippen LogP contribution in [0.3, 0.4) is 0 Å². The lowest BCUT2D eigenvalue weighted by Crippen LogP contribution is -2.68. The van der Waals surface area contributed by atoms with E-state index in [2.05, 4.69) is 25.2 Å². The highest BCUT2D eigenvalue weighted by atomic mass is 16.6. The number of ether oxygens (including phenoxy) is 2. The Morgan fingerprint density at radius 3 is 2.20 bits per heavy atom. The number of hydrogen-bond acceptors (Lipinski definition) is 7. The highest BCUT2D eigenvalue weighted by Gasteiger charge is 2.56. The van der Waals surface area contributed by atoms with E-state index in [1.807, 2.05) is 20.8 Å². The molecule has 3 aliphatic rings. The lowest BCUT2D eigenvalue weighted by atomic mass is 9.63. The average molecular weight is 485 g/mol. The van der Waals surface area contributed by atoms with Gasteiger partial charge in [0.1, 0.15) is 11.4 Å². The van der Waals surface area contributed by atoms with Gasteiger partial charge < -0.3 is 24.4 Å². The largest absolute Gasteiger partial charge is 0.485 e. The van der Waals surface area contributed by atoms with Crippen LogP contribution in [0.15, 0.2) is 24.3 Å². The number of aliphatic hydroxyl groups is 1. The molecule has 3 saturated heterocycles. The minimum Gasteiger partial charge on any atom is -0.485 e. The lowest BCUT2D eigenvalue weighted by molar-refractivity contribution is -0.171. The molecular weight excluding hydrogens is 448 g/mol. The Balaban J connectivity index is 1.47. The van der Waals surface area contributed by atoms with Gasteiger partial charge in [-0.3, -0.25) is 10.1 Å². The second kappa shape index (κ2) is 8.99. The fourth-order valence-corrected chi connectivity index (χ4v) is 5.33. The number of nitrogens with zero attached hydrogens (tertiary/aromatic N) is 3. The van der Waals surface area contributed by atoms with Crippen molar-refractivity contribution >= 4 is 12.0 Å². The Morgan fingerprint density at radius 1 is 1.09 bits per heavy atom. The number of piperidine rings is 2. The van der Waals surface area contributed by atoms with Crippen LogP contribution in [0.1, 0.15) is 46.6 Å². The number of likely N-dealkylation sites (tertiary alicyclic amines) is 2. The maximum Gasteiger partial charge on any atom is 0.410 e. The van der Waals surface area contributed by atoms with Gasteiger partial charge in [-0.2, -0.15) is 5.26 Å². The second-order valence-electron chi connectivity index (χ2n) is 11.5. The Kier molecular flexibility index (Phi) is 6.49. The fourth-order valence-electron chi connectivity index (χ4n) is 5.33. The van der Waals surface area contributed by atoms with Crippen LogP contribution >= 0.6 is 0 Å². The van der Waals surface area contributed by atoms with Crippen LogP contribution in [0, 0.1) is 28.6 Å². The van der Waals surface area contributed by atoms with Crippen molar-refractivity contribution in [2.75, 3.05) is 32.7 Å². The summed E-state index contributed by atoms with van der Waals surface area (Å²) in [5.74, 6) is 0.196. The third kappa shape index (κ3) is 4.95. The number of rotatable bonds is 3. The Bertz CT molecular complexity index is 994. The Labute approximate surface area is 207 Å². The minimum atomic E-state index is -1.84. The van der Waals surface area contributed by atoms with Gasteiger partial charge in [0, 0.05) is 39.1 Å². The quantitative estimate of drug-likeness (QED) is 0.677. The molecule has 4 rings (SSSR count). The van der Waals surface area contributed by atoms with E-state index in [-0.39, 0.29) is 23.3 Å². The summed E-state index contributed by atoms with van der Waals surface area (Å²) >= 11 is 0. The summed E-state index contributed by atoms with van der Waals surface area (Å²) in [5.41, 5.74) is -1.95. The number of nitriles is 1. The number of carbonyl (C=O) groups excluding carboxylic acids is 2. The average Bonchev–Trinajstić information content (AvgIpc) is 3.13. The Morgan fingerprint density at radius 2 is 1.66 bits per heavy atom. The van der Waals surface area contributed by atoms with Crippen molar-refractivity contribution in [3.05, 3.63) is 29.8 Å². The van der Waals surface area contributed by atoms with Crippen LogP contribution in [-0.2, 0) is 9.53 Å². The molecule has 190 valence electrons. The van der Waals surface area contributed by atoms with Crippen molar-refractivity contribution < 1.29 is 24.2 Å². The van der Waals surface area contributed by atoms with Gasteiger partial charge in [0.25, 0.3) is 5.91 Å². The van der Waals surface area contributed by atoms with Crippen molar-refractivity contribution in [2.45, 2.75) is 58.5 Å². The van der Waals surface area contributed by atoms with E-state index in [4.69, 9.17) is 14.7 Å². The van der Waals surface area contributed by atoms with E-state index >= 15 is 0 Å². The first-order chi connectivity index (χ1) is 16.3. The molecule has 2 N–H and O–H groups in total. The maximum absolute atomic E-state index is 13.7. The predicted molar refractivity (Wildman–Crippen MR) is 128 cm³/mol. The zero-order valence-corrected chi connectivity index (χ0v) is 21.2. The molecule has 4 atom stereocenters. The van der Waals surface area contributed by atoms with Gasteiger partial charge in [0.05, 0.1) is 11.6 Å². The number of fused-ring (bicyclic) bond motifs is 2. The van der Waals surface area contributed by atoms with Gasteiger partial charge in [-0.05, 0) is 62.3 Å². The molecule has 3 fully saturated rings. The molecular formula is C26H36N4O5. The maximum atomic E-state index is 13.7. The molecule has 3 heterocycles. The summed E-state index contributed by atoms with van der Waals surface area (Å²) < 4.78 is 11.6. The second-order valence-corrected chi connectivity index (χ2v) is 11.5. The molecule has 9 nitrogen and oxygen atoms in total. The first kappa shape index (κ1) is 25.3. The number of hydrogen-bond donors (Lipinski definition) is 2. The third-order valence-electron chi connectivity index (χ3n) is 7.66. The molecule has 2 amide bonds. The van der Waals surface area contributed by atoms with Gasteiger partial charge in [0.15, 0.2) is 6.10 Å². The summed E-state index contributed by atoms with van der Waals surface area (Å²) in [4.78, 5) is 29.9. The van der Waals surface area contributed by atoms with Crippen LogP contribution in [0.25, 0.3) is 0 Å². The van der Waals surface area contributed by atoms with Crippen LogP contribution in [-0.4, -0.2) is 77.1 Å². The molecule has 2 bridgehead atoms. The van der Waals surface area contributed by atoms with Crippen molar-refractivity contribution in [1.82, 2.24) is 15.1 Å². The van der Waals surface area contributed by atoms with E-state index in [0.29, 0.717) is 50.5 Å². The SMILES string of the molecule is CC(C)(C)OC(=O)N1CC2CN(C(=O)[C@@]3(O)NCCC3Oc3ccc(C#N)cc3)CC(C1)C2(C)C. The Hall–Kier alpha value is -2.83. The van der Waals surface area contributed by atoms with E-state index in [0.717, 1.165) is 0 Å². The molecule has 0 aliphatic carbocycles. The van der Waals surface area contributed by atoms with Gasteiger partial charge in [-0.15, -0.1) is 0 Å². The van der Waals surface area contributed by atoms with E-state index in [9.17, 15) is 14.7 Å². The lowest BCUT2D eigenvalue weighted by Gasteiger charge is -2.56. The first-order valence-corrected chi connectivity index (χ1v) is 12.2. The smallest absolute Gasteiger partial charge is 0.410 e. The summed E-state index contributed by atoms with van der Waals surface area (Å²) in [6.07, 6.45) is -0.605. The van der Waals surface area contributed by atoms with Crippen molar-refractivity contribution in [3.63, 3.8) is 0 Å². The van der Waals surface area contributed by atoms with Crippen molar-refractivity contribution in [1.29, 1.82) is 5.26 Å². The van der Waals surface area contributed by atoms with Gasteiger partial charge >= 0.3 is 6.09 Å². The summed E-state index contributed by atoms with van der Waals surface area (Å²) in [5, 5.41) is 23.4. The number of nitrogens with one attached hydrogen (secondary N) is 1. The molecule has 3 unspecified atom stereocenters. The zero-order chi connectivity index (χ0) is 25.6. The normalized spacial score (nSPS) is 29.9. The van der Waals surface area contributed by atoms with Crippen molar-refractivity contribution in [3.8, 4) is 11.8 Å². The molecule has 0 aromatic heterocycles. The van der Waals surface area contributed by atoms with Gasteiger partial charge in [0.2, 0.25) is 5.72 Å². The molecule has 0 radical (unpaired) electrons. The number of carbonyl (C=O) groups is 2. The van der Waals surface area contributed by atoms with Crippen LogP contribution in [0.5, 0.6) is 5.75 Å². The van der Waals surface area contributed by atoms with Crippen LogP contribution in [0.4, 0.5) is 4.79 Å². The summed E-state index contributed by atoms with van der Waals surface area (Å²) in [6, 6.07) is 8.68. The number of amides is 2. The van der Waals surface area contributed by atoms with Gasteiger partial charge in [-0.25, -0.2) is 4.79 Å². The molecule has 9 heteroatoms. The van der Waals surface area contributed by atoms with E-state index in [1.165, 1.54) is 0 Å². The molecule has 35 heavy (non-hydrogen) atoms. The molecule has 0 spiro atoms. The zero-order valence-electron chi connectivity index (χ0n) is 21.2. The van der Waals surface area contributed by atoms with Gasteiger partial charge in [-0.1, -0.05) is 13.8 Å². The minimum absolute atomic E-state index is 0.0503. The van der Waals surface area contributed by atoms with Crippen molar-refractivity contribution in [2.24, 2.45) is 17.3 Å². The van der Waals surface area contributed by atoms with Crippen LogP contribution in [0.2, 0.25) is 0 Å². The summed E-state index contributed by atoms with van der Waals surface area (Å²) in [6.45, 7) is 12.3. The first-order valence-electron chi connectivity index (χ1n) is 12.2. The van der Waals surface area contributed by atoms with E-state index in [1.54, 1.807) is 34.1 Å². The fraction of sp³-hybridized carbons (Fsp3) is 0.654. The highest BCUT2D eigenvalue weighted by Crippen LogP contribution is 2.45. The third-order valence-corrected chi connectivity index (χ3v) is 7.66. The predicted octanol–water partition coefficient (Wildman–Crippen LogP) is 2.34. The highest BCUT2D eigenvalue weighted by molar-refractivity contribution is 5.86. The molecule has 1 aromatic carbocycles. The number of benzene rings is 1. The molecule has 0 saturated carbocycles. The van der Waals surface area contributed by atoms with E-state index < -0.39 is 23.3 Å². The molecule has 1 aromatic rings. The van der Waals surface area contributed by atoms with Crippen LogP contribution < -0.4 is 10.1 Å². The topological polar surface area (TPSA) is 115 Å².